The molecule has 0 radical (unpaired) electrons. The molecule has 1 N–H and O–H groups in total. The molecule has 1 rings (SSSR count). The molecule has 0 aliphatic rings. The maximum absolute atomic E-state index is 11.4. The molecular weight excluding hydrogens is 486 g/mol. The molecule has 2 unspecified atom stereocenters. The third kappa shape index (κ3) is 17.4. The van der Waals surface area contributed by atoms with Crippen molar-refractivity contribution in [2.24, 2.45) is 11.8 Å². The third-order valence-corrected chi connectivity index (χ3v) is 5.69. The lowest BCUT2D eigenvalue weighted by Gasteiger charge is -2.10. The number of alkyl carbamates (subject to hydrolysis) is 1. The average molecular weight is 526 g/mol. The van der Waals surface area contributed by atoms with Gasteiger partial charge in [-0.3, -0.25) is 9.59 Å². The molecular formula is C26H39NO8S. The van der Waals surface area contributed by atoms with Crippen molar-refractivity contribution in [3.63, 3.8) is 0 Å². The van der Waals surface area contributed by atoms with Gasteiger partial charge in [0.25, 0.3) is 0 Å². The van der Waals surface area contributed by atoms with Crippen LogP contribution in [-0.2, 0) is 33.3 Å². The van der Waals surface area contributed by atoms with Crippen LogP contribution in [0.1, 0.15) is 40.5 Å². The average Bonchev–Trinajstić information content (AvgIpc) is 2.90. The summed E-state index contributed by atoms with van der Waals surface area (Å²) in [5, 5.41) is 2.37. The highest BCUT2D eigenvalue weighted by Gasteiger charge is 2.12. The lowest BCUT2D eigenvalue weighted by molar-refractivity contribution is -0.149. The summed E-state index contributed by atoms with van der Waals surface area (Å²) < 4.78 is 19.4. The van der Waals surface area contributed by atoms with Gasteiger partial charge in [-0.15, -0.1) is 11.8 Å². The molecule has 10 heteroatoms. The number of benzene rings is 1. The first kappa shape index (κ1) is 33.0. The van der Waals surface area contributed by atoms with E-state index in [4.69, 9.17) is 14.2 Å². The highest BCUT2D eigenvalue weighted by Crippen LogP contribution is 2.16. The Morgan fingerprint density at radius 1 is 0.861 bits per heavy atom. The predicted octanol–water partition coefficient (Wildman–Crippen LogP) is 4.40. The zero-order valence-corrected chi connectivity index (χ0v) is 22.5. The number of hydrogen-bond donors (Lipinski definition) is 1. The second kappa shape index (κ2) is 21.3. The van der Waals surface area contributed by atoms with Crippen LogP contribution in [0.15, 0.2) is 47.9 Å². The van der Waals surface area contributed by atoms with Crippen LogP contribution < -0.4 is 5.32 Å². The van der Waals surface area contributed by atoms with E-state index >= 15 is 0 Å². The maximum Gasteiger partial charge on any atom is 0.407 e. The Balaban J connectivity index is 0.000000696. The minimum absolute atomic E-state index is 0.0155. The van der Waals surface area contributed by atoms with Crippen molar-refractivity contribution in [1.29, 1.82) is 0 Å². The number of nitrogens with one attached hydrogen (secondary N) is 1. The number of amides is 1. The topological polar surface area (TPSA) is 117 Å². The smallest absolute Gasteiger partial charge is 0.407 e. The van der Waals surface area contributed by atoms with Gasteiger partial charge in [-0.1, -0.05) is 52.5 Å². The summed E-state index contributed by atoms with van der Waals surface area (Å²) in [5.74, 6) is -0.294. The second-order valence-electron chi connectivity index (χ2n) is 7.55. The molecule has 9 nitrogen and oxygen atoms in total. The molecule has 0 fully saturated rings. The summed E-state index contributed by atoms with van der Waals surface area (Å²) in [5.41, 5.74) is 0. The maximum atomic E-state index is 11.4. The van der Waals surface area contributed by atoms with Gasteiger partial charge in [0.05, 0.1) is 18.4 Å². The van der Waals surface area contributed by atoms with Crippen molar-refractivity contribution in [2.75, 3.05) is 38.7 Å². The monoisotopic (exact) mass is 525 g/mol. The van der Waals surface area contributed by atoms with Gasteiger partial charge >= 0.3 is 24.0 Å². The fourth-order valence-corrected chi connectivity index (χ4v) is 2.88. The summed E-state index contributed by atoms with van der Waals surface area (Å²) >= 11 is 1.70. The Morgan fingerprint density at radius 3 is 1.97 bits per heavy atom. The van der Waals surface area contributed by atoms with Gasteiger partial charge in [0.1, 0.15) is 26.4 Å². The number of carbonyl (C=O) groups is 4. The fourth-order valence-electron chi connectivity index (χ4n) is 2.13. The summed E-state index contributed by atoms with van der Waals surface area (Å²) in [6.45, 7) is 11.4. The van der Waals surface area contributed by atoms with Gasteiger partial charge in [0.15, 0.2) is 0 Å². The van der Waals surface area contributed by atoms with Crippen molar-refractivity contribution < 1.29 is 38.1 Å². The molecule has 0 saturated carbocycles. The Morgan fingerprint density at radius 2 is 1.42 bits per heavy atom. The Labute approximate surface area is 218 Å². The van der Waals surface area contributed by atoms with E-state index in [1.54, 1.807) is 18.7 Å². The van der Waals surface area contributed by atoms with Crippen LogP contribution in [0, 0.1) is 11.8 Å². The van der Waals surface area contributed by atoms with Crippen LogP contribution in [0.5, 0.6) is 0 Å². The van der Waals surface area contributed by atoms with E-state index in [2.05, 4.69) is 28.8 Å². The van der Waals surface area contributed by atoms with E-state index < -0.39 is 12.1 Å². The zero-order valence-electron chi connectivity index (χ0n) is 21.7. The number of esters is 3. The highest BCUT2D eigenvalue weighted by atomic mass is 32.2. The van der Waals surface area contributed by atoms with Gasteiger partial charge in [0.2, 0.25) is 0 Å². The van der Waals surface area contributed by atoms with Crippen LogP contribution in [0.25, 0.3) is 0 Å². The molecule has 0 aliphatic heterocycles. The van der Waals surface area contributed by atoms with E-state index in [1.165, 1.54) is 4.90 Å². The number of ether oxygens (including phenoxy) is 4. The van der Waals surface area contributed by atoms with Crippen molar-refractivity contribution >= 4 is 35.8 Å². The molecule has 36 heavy (non-hydrogen) atoms. The second-order valence-corrected chi connectivity index (χ2v) is 8.72. The van der Waals surface area contributed by atoms with Crippen molar-refractivity contribution in [3.05, 3.63) is 43.0 Å². The molecule has 1 amide bonds. The number of hydrogen-bond acceptors (Lipinski definition) is 9. The minimum atomic E-state index is -0.667. The first-order valence-electron chi connectivity index (χ1n) is 12.0. The van der Waals surface area contributed by atoms with Crippen molar-refractivity contribution in [2.45, 2.75) is 45.4 Å². The Hall–Kier alpha value is -3.01. The molecule has 0 saturated heterocycles. The van der Waals surface area contributed by atoms with Crippen LogP contribution >= 0.6 is 11.8 Å². The SMILES string of the molecule is C=CC(=O)OCCNC(=O)OCCOC(=O)C(C)CC.CCC(C)C(=O)OCCSc1ccccc1. The summed E-state index contributed by atoms with van der Waals surface area (Å²) in [4.78, 5) is 45.7. The first-order valence-corrected chi connectivity index (χ1v) is 12.9. The molecule has 1 aromatic carbocycles. The van der Waals surface area contributed by atoms with Crippen LogP contribution in [-0.4, -0.2) is 62.7 Å². The van der Waals surface area contributed by atoms with Crippen LogP contribution in [0.3, 0.4) is 0 Å². The summed E-state index contributed by atoms with van der Waals surface area (Å²) in [6, 6.07) is 10.1. The number of thioether (sulfide) groups is 1. The number of rotatable bonds is 15. The summed E-state index contributed by atoms with van der Waals surface area (Å²) in [7, 11) is 0. The van der Waals surface area contributed by atoms with Gasteiger partial charge < -0.3 is 24.3 Å². The summed E-state index contributed by atoms with van der Waals surface area (Å²) in [6.07, 6.45) is 1.90. The number of carbonyl (C=O) groups excluding carboxylic acids is 4. The fraction of sp³-hybridized carbons (Fsp3) is 0.538. The molecule has 0 spiro atoms. The molecule has 0 heterocycles. The van der Waals surface area contributed by atoms with Gasteiger partial charge in [-0.2, -0.15) is 0 Å². The van der Waals surface area contributed by atoms with Gasteiger partial charge in [-0.05, 0) is 25.0 Å². The Kier molecular flexibility index (Phi) is 19.5. The van der Waals surface area contributed by atoms with E-state index in [1.807, 2.05) is 39.0 Å². The quantitative estimate of drug-likeness (QED) is 0.117. The molecule has 0 aliphatic carbocycles. The normalized spacial score (nSPS) is 11.6. The largest absolute Gasteiger partial charge is 0.465 e. The predicted molar refractivity (Wildman–Crippen MR) is 139 cm³/mol. The third-order valence-electron chi connectivity index (χ3n) is 4.71. The molecule has 202 valence electrons. The van der Waals surface area contributed by atoms with E-state index in [0.717, 1.165) is 18.2 Å². The van der Waals surface area contributed by atoms with Crippen molar-refractivity contribution in [3.8, 4) is 0 Å². The molecule has 2 atom stereocenters. The van der Waals surface area contributed by atoms with Gasteiger partial charge in [-0.25, -0.2) is 9.59 Å². The molecule has 0 aromatic heterocycles. The minimum Gasteiger partial charge on any atom is -0.465 e. The van der Waals surface area contributed by atoms with E-state index in [0.29, 0.717) is 13.0 Å². The molecule has 1 aromatic rings. The highest BCUT2D eigenvalue weighted by molar-refractivity contribution is 7.99. The molecule has 0 bridgehead atoms. The standard InChI is InChI=1S/C13H21NO6.C13H18O2S/c1-4-10(3)12(16)19-8-9-20-13(17)14-6-7-18-11(15)5-2;1-3-11(2)13(14)15-9-10-16-12-7-5-4-6-8-12/h5,10H,2,4,6-9H2,1,3H3,(H,14,17);4-8,11H,3,9-10H2,1-2H3. The van der Waals surface area contributed by atoms with Crippen LogP contribution in [0.4, 0.5) is 4.79 Å². The van der Waals surface area contributed by atoms with Gasteiger partial charge in [0, 0.05) is 16.7 Å². The Bertz CT molecular complexity index is 787. The first-order chi connectivity index (χ1) is 17.2. The van der Waals surface area contributed by atoms with E-state index in [-0.39, 0.29) is 50.1 Å². The lowest BCUT2D eigenvalue weighted by Crippen LogP contribution is -2.29. The van der Waals surface area contributed by atoms with E-state index in [9.17, 15) is 19.2 Å². The zero-order chi connectivity index (χ0) is 27.2. The lowest BCUT2D eigenvalue weighted by atomic mass is 10.1. The van der Waals surface area contributed by atoms with Crippen LogP contribution in [0.2, 0.25) is 0 Å². The van der Waals surface area contributed by atoms with Crippen molar-refractivity contribution in [1.82, 2.24) is 5.32 Å².